The fourth-order valence-corrected chi connectivity index (χ4v) is 10.7. The summed E-state index contributed by atoms with van der Waals surface area (Å²) in [7, 11) is -2.70. The third kappa shape index (κ3) is 5.19. The highest BCUT2D eigenvalue weighted by atomic mass is 28.4. The lowest BCUT2D eigenvalue weighted by molar-refractivity contribution is 0.0672. The van der Waals surface area contributed by atoms with Crippen LogP contribution in [0.4, 0.5) is 0 Å². The number of carbonyl (C=O) groups excluding carboxylic acids is 2. The number of imide groups is 1. The summed E-state index contributed by atoms with van der Waals surface area (Å²) in [5.74, 6) is -0.473. The zero-order valence-corrected chi connectivity index (χ0v) is 26.4. The van der Waals surface area contributed by atoms with E-state index in [9.17, 15) is 9.59 Å². The van der Waals surface area contributed by atoms with Crippen LogP contribution < -0.4 is 10.4 Å². The van der Waals surface area contributed by atoms with Crippen LogP contribution in [0.25, 0.3) is 5.57 Å². The van der Waals surface area contributed by atoms with E-state index in [1.807, 2.05) is 13.0 Å². The number of hydrogen-bond donors (Lipinski definition) is 0. The van der Waals surface area contributed by atoms with Gasteiger partial charge in [-0.15, -0.1) is 0 Å². The Hall–Kier alpha value is -4.06. The molecule has 0 spiro atoms. The zero-order valence-electron chi connectivity index (χ0n) is 25.4. The normalized spacial score (nSPS) is 14.0. The van der Waals surface area contributed by atoms with Gasteiger partial charge in [-0.2, -0.15) is 0 Å². The monoisotopic (exact) mass is 573 g/mol. The average Bonchev–Trinajstić information content (AvgIpc) is 3.22. The molecule has 0 atom stereocenters. The molecule has 0 aromatic heterocycles. The number of allylic oxidation sites excluding steroid dienone is 1. The van der Waals surface area contributed by atoms with Gasteiger partial charge in [-0.1, -0.05) is 112 Å². The van der Waals surface area contributed by atoms with Gasteiger partial charge in [-0.05, 0) is 76.1 Å². The maximum atomic E-state index is 12.9. The van der Waals surface area contributed by atoms with Crippen molar-refractivity contribution in [3.63, 3.8) is 0 Å². The predicted molar refractivity (Wildman–Crippen MR) is 174 cm³/mol. The van der Waals surface area contributed by atoms with E-state index in [0.717, 1.165) is 16.7 Å². The first-order valence-corrected chi connectivity index (χ1v) is 16.4. The van der Waals surface area contributed by atoms with Crippen molar-refractivity contribution in [1.29, 1.82) is 0 Å². The van der Waals surface area contributed by atoms with E-state index >= 15 is 0 Å². The lowest BCUT2D eigenvalue weighted by Gasteiger charge is -2.43. The molecule has 0 radical (unpaired) electrons. The van der Waals surface area contributed by atoms with Crippen LogP contribution in [0.15, 0.2) is 103 Å². The molecule has 0 unspecified atom stereocenters. The SMILES string of the molecule is C/C(=C/CN1C(=O)c2ccccc2C1=O)c1ccc(C)c(CO[Si](c2ccccc2)(c2ccccc2)C(C)(C)C)c1C. The summed E-state index contributed by atoms with van der Waals surface area (Å²) in [5, 5.41) is 2.40. The third-order valence-corrected chi connectivity index (χ3v) is 13.5. The van der Waals surface area contributed by atoms with Crippen molar-refractivity contribution < 1.29 is 14.0 Å². The molecule has 4 aromatic rings. The number of rotatable bonds is 8. The van der Waals surface area contributed by atoms with E-state index in [1.165, 1.54) is 26.4 Å². The topological polar surface area (TPSA) is 46.6 Å². The summed E-state index contributed by atoms with van der Waals surface area (Å²) >= 11 is 0. The summed E-state index contributed by atoms with van der Waals surface area (Å²) < 4.78 is 7.28. The van der Waals surface area contributed by atoms with Gasteiger partial charge in [0.15, 0.2) is 0 Å². The van der Waals surface area contributed by atoms with Gasteiger partial charge < -0.3 is 4.43 Å². The zero-order chi connectivity index (χ0) is 30.1. The average molecular weight is 574 g/mol. The molecule has 2 amide bonds. The fourth-order valence-electron chi connectivity index (χ4n) is 6.23. The van der Waals surface area contributed by atoms with Gasteiger partial charge in [0.2, 0.25) is 0 Å². The van der Waals surface area contributed by atoms with E-state index in [1.54, 1.807) is 24.3 Å². The summed E-state index contributed by atoms with van der Waals surface area (Å²) in [6.45, 7) is 13.9. The molecule has 0 aliphatic carbocycles. The molecular weight excluding hydrogens is 534 g/mol. The van der Waals surface area contributed by atoms with Gasteiger partial charge in [0.25, 0.3) is 20.1 Å². The molecule has 0 saturated heterocycles. The standard InChI is InChI=1S/C37H39NO3Si/c1-26-21-22-31(27(2)23-24-38-35(39)32-19-13-14-20-33(32)36(38)40)28(3)34(26)25-41-42(37(4,5)6,29-15-9-7-10-16-29)30-17-11-8-12-18-30/h7-23H,24-25H2,1-6H3/b27-23-. The van der Waals surface area contributed by atoms with Crippen molar-refractivity contribution in [2.75, 3.05) is 6.54 Å². The quantitative estimate of drug-likeness (QED) is 0.167. The maximum absolute atomic E-state index is 12.9. The largest absolute Gasteiger partial charge is 0.403 e. The van der Waals surface area contributed by atoms with Gasteiger partial charge in [0.1, 0.15) is 0 Å². The molecule has 5 heteroatoms. The van der Waals surface area contributed by atoms with E-state index in [4.69, 9.17) is 4.43 Å². The van der Waals surface area contributed by atoms with Crippen LogP contribution in [-0.4, -0.2) is 31.6 Å². The lowest BCUT2D eigenvalue weighted by atomic mass is 9.94. The highest BCUT2D eigenvalue weighted by Crippen LogP contribution is 2.38. The molecule has 1 heterocycles. The number of benzene rings is 4. The second-order valence-corrected chi connectivity index (χ2v) is 16.4. The fraction of sp³-hybridized carbons (Fsp3) is 0.243. The van der Waals surface area contributed by atoms with Crippen LogP contribution in [0.5, 0.6) is 0 Å². The van der Waals surface area contributed by atoms with Crippen LogP contribution >= 0.6 is 0 Å². The molecule has 0 fully saturated rings. The van der Waals surface area contributed by atoms with E-state index < -0.39 is 8.32 Å². The highest BCUT2D eigenvalue weighted by molar-refractivity contribution is 6.99. The number of nitrogens with zero attached hydrogens (tertiary/aromatic N) is 1. The molecule has 1 aliphatic rings. The molecule has 1 aliphatic heterocycles. The van der Waals surface area contributed by atoms with Gasteiger partial charge in [0.05, 0.1) is 17.7 Å². The molecule has 4 aromatic carbocycles. The van der Waals surface area contributed by atoms with E-state index in [0.29, 0.717) is 17.7 Å². The minimum Gasteiger partial charge on any atom is -0.403 e. The number of carbonyl (C=O) groups is 2. The van der Waals surface area contributed by atoms with Crippen LogP contribution in [0.3, 0.4) is 0 Å². The molecule has 42 heavy (non-hydrogen) atoms. The van der Waals surface area contributed by atoms with E-state index in [2.05, 4.69) is 107 Å². The number of fused-ring (bicyclic) bond motifs is 1. The van der Waals surface area contributed by atoms with Crippen molar-refractivity contribution in [1.82, 2.24) is 4.90 Å². The number of amides is 2. The van der Waals surface area contributed by atoms with Crippen molar-refractivity contribution in [3.8, 4) is 0 Å². The smallest absolute Gasteiger partial charge is 0.261 e. The number of hydrogen-bond acceptors (Lipinski definition) is 3. The first kappa shape index (κ1) is 29.4. The molecule has 0 saturated carbocycles. The van der Waals surface area contributed by atoms with Crippen LogP contribution in [0.1, 0.15) is 70.7 Å². The summed E-state index contributed by atoms with van der Waals surface area (Å²) in [5.41, 5.74) is 6.58. The van der Waals surface area contributed by atoms with Crippen LogP contribution in [0.2, 0.25) is 5.04 Å². The molecule has 4 nitrogen and oxygen atoms in total. The van der Waals surface area contributed by atoms with Crippen molar-refractivity contribution in [3.05, 3.63) is 137 Å². The minimum atomic E-state index is -2.70. The summed E-state index contributed by atoms with van der Waals surface area (Å²) in [6.07, 6.45) is 1.98. The summed E-state index contributed by atoms with van der Waals surface area (Å²) in [4.78, 5) is 27.1. The Morgan fingerprint density at radius 2 is 1.26 bits per heavy atom. The summed E-state index contributed by atoms with van der Waals surface area (Å²) in [6, 6.07) is 32.7. The first-order valence-electron chi connectivity index (χ1n) is 14.5. The Balaban J connectivity index is 1.47. The van der Waals surface area contributed by atoms with Crippen LogP contribution in [-0.2, 0) is 11.0 Å². The van der Waals surface area contributed by atoms with Crippen molar-refractivity contribution >= 4 is 36.1 Å². The molecule has 0 bridgehead atoms. The second-order valence-electron chi connectivity index (χ2n) is 12.1. The highest BCUT2D eigenvalue weighted by Gasteiger charge is 2.50. The molecule has 5 rings (SSSR count). The van der Waals surface area contributed by atoms with E-state index in [-0.39, 0.29) is 23.4 Å². The van der Waals surface area contributed by atoms with Crippen molar-refractivity contribution in [2.24, 2.45) is 0 Å². The first-order chi connectivity index (χ1) is 20.1. The van der Waals surface area contributed by atoms with Gasteiger partial charge >= 0.3 is 0 Å². The minimum absolute atomic E-state index is 0.114. The predicted octanol–water partition coefficient (Wildman–Crippen LogP) is 7.08. The van der Waals surface area contributed by atoms with Gasteiger partial charge in [0, 0.05) is 6.54 Å². The second kappa shape index (κ2) is 11.7. The van der Waals surface area contributed by atoms with Gasteiger partial charge in [-0.3, -0.25) is 14.5 Å². The molecule has 0 N–H and O–H groups in total. The molecule has 214 valence electrons. The maximum Gasteiger partial charge on any atom is 0.261 e. The molecular formula is C37H39NO3Si. The lowest BCUT2D eigenvalue weighted by Crippen LogP contribution is -2.66. The number of aryl methyl sites for hydroxylation is 1. The Bertz CT molecular complexity index is 1580. The Morgan fingerprint density at radius 3 is 1.76 bits per heavy atom. The van der Waals surface area contributed by atoms with Gasteiger partial charge in [-0.25, -0.2) is 0 Å². The Morgan fingerprint density at radius 1 is 0.762 bits per heavy atom. The van der Waals surface area contributed by atoms with Crippen LogP contribution in [0, 0.1) is 13.8 Å². The third-order valence-electron chi connectivity index (χ3n) is 8.57. The van der Waals surface area contributed by atoms with Crippen molar-refractivity contribution in [2.45, 2.75) is 53.2 Å². The Kier molecular flexibility index (Phi) is 8.18. The Labute approximate surface area is 250 Å².